The number of hydrogen-bond donors (Lipinski definition) is 3. The van der Waals surface area contributed by atoms with Gasteiger partial charge in [-0.25, -0.2) is 15.0 Å². The van der Waals surface area contributed by atoms with E-state index in [1.165, 1.54) is 18.4 Å². The van der Waals surface area contributed by atoms with Gasteiger partial charge in [-0.3, -0.25) is 0 Å². The summed E-state index contributed by atoms with van der Waals surface area (Å²) in [5, 5.41) is 3.30. The highest BCUT2D eigenvalue weighted by Gasteiger charge is 2.42. The van der Waals surface area contributed by atoms with Gasteiger partial charge in [0.25, 0.3) is 0 Å². The number of rotatable bonds is 6. The molecule has 8 heteroatoms. The highest BCUT2D eigenvalue weighted by atomic mass is 35.5. The van der Waals surface area contributed by atoms with Crippen LogP contribution in [0.4, 0.5) is 5.82 Å². The summed E-state index contributed by atoms with van der Waals surface area (Å²) in [4.78, 5) is 14.5. The molecule has 3 fully saturated rings. The largest absolute Gasteiger partial charge is 0.381 e. The van der Waals surface area contributed by atoms with Crippen molar-refractivity contribution in [1.29, 1.82) is 0 Å². The van der Waals surface area contributed by atoms with E-state index in [9.17, 15) is 0 Å². The third-order valence-corrected chi connectivity index (χ3v) is 7.81. The minimum absolute atomic E-state index is 0.0976. The standard InChI is InChI=1S/C24H33ClN6O/c25-19-13-17(26)5-8-24(19,27)20-4-3-18(16-1-2-16)21(31-20)22-23(29-10-9-28-22)30-14-15-6-11-32-12-7-15/h3-4,9-10,15-17,19H,1-2,5-8,11-14,26-27H2,(H,29,30). The number of aromatic nitrogens is 3. The molecule has 172 valence electrons. The van der Waals surface area contributed by atoms with Gasteiger partial charge in [0.1, 0.15) is 5.69 Å². The molecule has 2 aliphatic carbocycles. The second kappa shape index (κ2) is 9.21. The van der Waals surface area contributed by atoms with E-state index in [2.05, 4.69) is 22.4 Å². The van der Waals surface area contributed by atoms with Gasteiger partial charge in [-0.05, 0) is 68.4 Å². The lowest BCUT2D eigenvalue weighted by molar-refractivity contribution is 0.0699. The molecule has 3 unspecified atom stereocenters. The van der Waals surface area contributed by atoms with Gasteiger partial charge in [-0.1, -0.05) is 6.07 Å². The van der Waals surface area contributed by atoms with Crippen LogP contribution in [-0.2, 0) is 10.3 Å². The van der Waals surface area contributed by atoms with Crippen molar-refractivity contribution in [3.63, 3.8) is 0 Å². The van der Waals surface area contributed by atoms with Crippen LogP contribution in [0.3, 0.4) is 0 Å². The van der Waals surface area contributed by atoms with E-state index in [0.717, 1.165) is 68.3 Å². The molecule has 0 bridgehead atoms. The fraction of sp³-hybridized carbons (Fsp3) is 0.625. The molecule has 0 spiro atoms. The first kappa shape index (κ1) is 22.0. The summed E-state index contributed by atoms with van der Waals surface area (Å²) in [6, 6.07) is 4.34. The van der Waals surface area contributed by atoms with E-state index < -0.39 is 5.54 Å². The van der Waals surface area contributed by atoms with Gasteiger partial charge >= 0.3 is 0 Å². The van der Waals surface area contributed by atoms with Crippen LogP contribution in [0.25, 0.3) is 11.4 Å². The summed E-state index contributed by atoms with van der Waals surface area (Å²) in [7, 11) is 0. The molecular weight excluding hydrogens is 424 g/mol. The molecule has 7 nitrogen and oxygen atoms in total. The molecule has 0 amide bonds. The molecule has 2 aromatic heterocycles. The zero-order valence-electron chi connectivity index (χ0n) is 18.5. The Morgan fingerprint density at radius 1 is 1.06 bits per heavy atom. The molecule has 0 radical (unpaired) electrons. The summed E-state index contributed by atoms with van der Waals surface area (Å²) >= 11 is 6.74. The normalized spacial score (nSPS) is 29.1. The van der Waals surface area contributed by atoms with Crippen molar-refractivity contribution in [3.05, 3.63) is 35.8 Å². The average Bonchev–Trinajstić information content (AvgIpc) is 3.66. The lowest BCUT2D eigenvalue weighted by Gasteiger charge is -2.40. The molecule has 2 aromatic rings. The highest BCUT2D eigenvalue weighted by molar-refractivity contribution is 6.21. The van der Waals surface area contributed by atoms with Crippen LogP contribution in [0.2, 0.25) is 0 Å². The monoisotopic (exact) mass is 456 g/mol. The van der Waals surface area contributed by atoms with Crippen LogP contribution in [0.15, 0.2) is 24.5 Å². The molecule has 0 aromatic carbocycles. The molecule has 2 saturated carbocycles. The van der Waals surface area contributed by atoms with Crippen molar-refractivity contribution in [1.82, 2.24) is 15.0 Å². The molecule has 5 N–H and O–H groups in total. The molecule has 32 heavy (non-hydrogen) atoms. The van der Waals surface area contributed by atoms with Crippen molar-refractivity contribution in [2.45, 2.75) is 67.8 Å². The fourth-order valence-electron chi connectivity index (χ4n) is 4.94. The number of nitrogens with one attached hydrogen (secondary N) is 1. The maximum atomic E-state index is 6.86. The van der Waals surface area contributed by atoms with E-state index >= 15 is 0 Å². The van der Waals surface area contributed by atoms with Crippen molar-refractivity contribution in [3.8, 4) is 11.4 Å². The number of anilines is 1. The Labute approximate surface area is 194 Å². The van der Waals surface area contributed by atoms with Crippen LogP contribution >= 0.6 is 11.6 Å². The molecule has 3 atom stereocenters. The number of nitrogens with two attached hydrogens (primary N) is 2. The number of alkyl halides is 1. The molecule has 3 heterocycles. The number of nitrogens with zero attached hydrogens (tertiary/aromatic N) is 3. The SMILES string of the molecule is NC1CCC(N)(c2ccc(C3CC3)c(-c3nccnc3NCC3CCOCC3)n2)C(Cl)C1. The van der Waals surface area contributed by atoms with E-state index in [1.807, 2.05) is 0 Å². The van der Waals surface area contributed by atoms with E-state index in [-0.39, 0.29) is 11.4 Å². The Balaban J connectivity index is 1.48. The third kappa shape index (κ3) is 4.49. The first-order valence-corrected chi connectivity index (χ1v) is 12.3. The van der Waals surface area contributed by atoms with Crippen LogP contribution < -0.4 is 16.8 Å². The Hall–Kier alpha value is -1.80. The smallest absolute Gasteiger partial charge is 0.154 e. The maximum Gasteiger partial charge on any atom is 0.154 e. The number of pyridine rings is 1. The topological polar surface area (TPSA) is 112 Å². The van der Waals surface area contributed by atoms with Crippen molar-refractivity contribution < 1.29 is 4.74 Å². The zero-order chi connectivity index (χ0) is 22.1. The van der Waals surface area contributed by atoms with Crippen molar-refractivity contribution >= 4 is 17.4 Å². The molecule has 1 saturated heterocycles. The zero-order valence-corrected chi connectivity index (χ0v) is 19.2. The molecule has 1 aliphatic heterocycles. The van der Waals surface area contributed by atoms with Crippen LogP contribution in [0, 0.1) is 5.92 Å². The lowest BCUT2D eigenvalue weighted by Crippen LogP contribution is -2.52. The third-order valence-electron chi connectivity index (χ3n) is 7.24. The second-order valence-corrected chi connectivity index (χ2v) is 10.2. The van der Waals surface area contributed by atoms with Gasteiger partial charge in [0.15, 0.2) is 5.82 Å². The van der Waals surface area contributed by atoms with E-state index in [1.54, 1.807) is 12.4 Å². The Morgan fingerprint density at radius 2 is 1.84 bits per heavy atom. The van der Waals surface area contributed by atoms with Crippen LogP contribution in [0.5, 0.6) is 0 Å². The summed E-state index contributed by atoms with van der Waals surface area (Å²) < 4.78 is 5.49. The predicted octanol–water partition coefficient (Wildman–Crippen LogP) is 3.53. The van der Waals surface area contributed by atoms with Crippen molar-refractivity contribution in [2.24, 2.45) is 17.4 Å². The van der Waals surface area contributed by atoms with E-state index in [0.29, 0.717) is 18.3 Å². The minimum Gasteiger partial charge on any atom is -0.381 e. The molecule has 3 aliphatic rings. The minimum atomic E-state index is -0.688. The lowest BCUT2D eigenvalue weighted by atomic mass is 9.77. The summed E-state index contributed by atoms with van der Waals surface area (Å²) in [6.07, 6.45) is 10.2. The van der Waals surface area contributed by atoms with Gasteiger partial charge in [0.2, 0.25) is 0 Å². The second-order valence-electron chi connectivity index (χ2n) is 9.64. The first-order valence-electron chi connectivity index (χ1n) is 11.9. The quantitative estimate of drug-likeness (QED) is 0.570. The van der Waals surface area contributed by atoms with Gasteiger partial charge in [-0.2, -0.15) is 0 Å². The summed E-state index contributed by atoms with van der Waals surface area (Å²) in [5.74, 6) is 1.89. The van der Waals surface area contributed by atoms with Crippen molar-refractivity contribution in [2.75, 3.05) is 25.1 Å². The Kier molecular flexibility index (Phi) is 6.34. The number of ether oxygens (including phenoxy) is 1. The van der Waals surface area contributed by atoms with Gasteiger partial charge in [0, 0.05) is 38.2 Å². The first-order chi connectivity index (χ1) is 15.5. The molecule has 5 rings (SSSR count). The van der Waals surface area contributed by atoms with E-state index in [4.69, 9.17) is 37.8 Å². The fourth-order valence-corrected chi connectivity index (χ4v) is 5.39. The van der Waals surface area contributed by atoms with Gasteiger partial charge in [-0.15, -0.1) is 11.6 Å². The van der Waals surface area contributed by atoms with Crippen LogP contribution in [-0.4, -0.2) is 46.1 Å². The summed E-state index contributed by atoms with van der Waals surface area (Å²) in [5.41, 5.74) is 16.0. The summed E-state index contributed by atoms with van der Waals surface area (Å²) in [6.45, 7) is 2.52. The number of hydrogen-bond acceptors (Lipinski definition) is 7. The number of halogens is 1. The van der Waals surface area contributed by atoms with Gasteiger partial charge < -0.3 is 21.5 Å². The highest BCUT2D eigenvalue weighted by Crippen LogP contribution is 2.46. The Morgan fingerprint density at radius 3 is 2.59 bits per heavy atom. The average molecular weight is 457 g/mol. The molecular formula is C24H33ClN6O. The maximum absolute atomic E-state index is 6.86. The van der Waals surface area contributed by atoms with Gasteiger partial charge in [0.05, 0.1) is 22.3 Å². The predicted molar refractivity (Wildman–Crippen MR) is 127 cm³/mol. The van der Waals surface area contributed by atoms with Crippen LogP contribution in [0.1, 0.15) is 62.1 Å². The Bertz CT molecular complexity index is 948.